The van der Waals surface area contributed by atoms with E-state index in [0.29, 0.717) is 10.8 Å². The standard InChI is InChI=1S/C14H14ClFN2O/c1-19-13-8-10(15)4-7-12(13)14(18-17)9-2-5-11(16)6-3-9/h2-8,14,18H,17H2,1H3. The highest BCUT2D eigenvalue weighted by Crippen LogP contribution is 2.31. The molecule has 3 N–H and O–H groups in total. The van der Waals surface area contributed by atoms with E-state index < -0.39 is 0 Å². The van der Waals surface area contributed by atoms with E-state index in [1.165, 1.54) is 12.1 Å². The quantitative estimate of drug-likeness (QED) is 0.668. The van der Waals surface area contributed by atoms with Crippen LogP contribution in [0.15, 0.2) is 42.5 Å². The van der Waals surface area contributed by atoms with E-state index >= 15 is 0 Å². The second kappa shape index (κ2) is 6.02. The van der Waals surface area contributed by atoms with Crippen LogP contribution in [0, 0.1) is 5.82 Å². The first kappa shape index (κ1) is 13.8. The van der Waals surface area contributed by atoms with E-state index in [9.17, 15) is 4.39 Å². The van der Waals surface area contributed by atoms with Gasteiger partial charge in [-0.05, 0) is 29.8 Å². The zero-order chi connectivity index (χ0) is 13.8. The molecule has 0 heterocycles. The molecule has 0 aliphatic rings. The summed E-state index contributed by atoms with van der Waals surface area (Å²) in [6.45, 7) is 0. The Hall–Kier alpha value is -1.62. The molecule has 1 unspecified atom stereocenters. The number of nitrogens with one attached hydrogen (secondary N) is 1. The summed E-state index contributed by atoms with van der Waals surface area (Å²) in [7, 11) is 1.56. The molecule has 3 nitrogen and oxygen atoms in total. The monoisotopic (exact) mass is 280 g/mol. The number of ether oxygens (including phenoxy) is 1. The molecule has 0 amide bonds. The van der Waals surface area contributed by atoms with Gasteiger partial charge >= 0.3 is 0 Å². The van der Waals surface area contributed by atoms with Gasteiger partial charge in [-0.1, -0.05) is 29.8 Å². The zero-order valence-electron chi connectivity index (χ0n) is 10.4. The van der Waals surface area contributed by atoms with Crippen LogP contribution in [0.3, 0.4) is 0 Å². The van der Waals surface area contributed by atoms with Crippen molar-refractivity contribution < 1.29 is 9.13 Å². The van der Waals surface area contributed by atoms with Gasteiger partial charge in [0.25, 0.3) is 0 Å². The van der Waals surface area contributed by atoms with E-state index in [1.54, 1.807) is 31.4 Å². The van der Waals surface area contributed by atoms with Gasteiger partial charge < -0.3 is 4.74 Å². The average molecular weight is 281 g/mol. The normalized spacial score (nSPS) is 12.2. The predicted molar refractivity (Wildman–Crippen MR) is 73.6 cm³/mol. The summed E-state index contributed by atoms with van der Waals surface area (Å²) in [6.07, 6.45) is 0. The van der Waals surface area contributed by atoms with E-state index in [2.05, 4.69) is 5.43 Å². The van der Waals surface area contributed by atoms with E-state index in [-0.39, 0.29) is 11.9 Å². The summed E-state index contributed by atoms with van der Waals surface area (Å²) in [6, 6.07) is 11.1. The number of nitrogens with two attached hydrogens (primary N) is 1. The van der Waals surface area contributed by atoms with Gasteiger partial charge in [0.2, 0.25) is 0 Å². The van der Waals surface area contributed by atoms with E-state index in [0.717, 1.165) is 11.1 Å². The number of hydrazine groups is 1. The second-order valence-corrected chi connectivity index (χ2v) is 4.47. The summed E-state index contributed by atoms with van der Waals surface area (Å²) in [4.78, 5) is 0. The summed E-state index contributed by atoms with van der Waals surface area (Å²) >= 11 is 5.93. The van der Waals surface area contributed by atoms with Gasteiger partial charge in [-0.25, -0.2) is 9.82 Å². The summed E-state index contributed by atoms with van der Waals surface area (Å²) in [5.74, 6) is 5.94. The van der Waals surface area contributed by atoms with Crippen molar-refractivity contribution in [1.29, 1.82) is 0 Å². The van der Waals surface area contributed by atoms with Crippen LogP contribution in [0.5, 0.6) is 5.75 Å². The lowest BCUT2D eigenvalue weighted by atomic mass is 9.98. The van der Waals surface area contributed by atoms with Crippen LogP contribution in [0.25, 0.3) is 0 Å². The molecule has 0 aliphatic heterocycles. The molecule has 0 bridgehead atoms. The SMILES string of the molecule is COc1cc(Cl)ccc1C(NN)c1ccc(F)cc1. The Bertz CT molecular complexity index is 560. The highest BCUT2D eigenvalue weighted by atomic mass is 35.5. The van der Waals surface area contributed by atoms with Gasteiger partial charge in [0.15, 0.2) is 0 Å². The maximum atomic E-state index is 13.0. The van der Waals surface area contributed by atoms with Crippen LogP contribution in [0.2, 0.25) is 5.02 Å². The molecule has 0 saturated carbocycles. The Balaban J connectivity index is 2.44. The molecule has 2 aromatic rings. The minimum absolute atomic E-state index is 0.289. The molecule has 100 valence electrons. The lowest BCUT2D eigenvalue weighted by Crippen LogP contribution is -2.29. The third-order valence-corrected chi connectivity index (χ3v) is 3.11. The molecule has 19 heavy (non-hydrogen) atoms. The Morgan fingerprint density at radius 2 is 1.89 bits per heavy atom. The zero-order valence-corrected chi connectivity index (χ0v) is 11.1. The Morgan fingerprint density at radius 1 is 1.21 bits per heavy atom. The summed E-state index contributed by atoms with van der Waals surface area (Å²) < 4.78 is 18.3. The Kier molecular flexibility index (Phi) is 4.37. The van der Waals surface area contributed by atoms with E-state index in [1.807, 2.05) is 6.07 Å². The van der Waals surface area contributed by atoms with Crippen molar-refractivity contribution in [2.45, 2.75) is 6.04 Å². The largest absolute Gasteiger partial charge is 0.496 e. The minimum atomic E-state index is -0.298. The van der Waals surface area contributed by atoms with Crippen LogP contribution >= 0.6 is 11.6 Å². The molecule has 0 aromatic heterocycles. The second-order valence-electron chi connectivity index (χ2n) is 4.04. The molecular formula is C14H14ClFN2O. The van der Waals surface area contributed by atoms with Crippen molar-refractivity contribution in [2.75, 3.05) is 7.11 Å². The third kappa shape index (κ3) is 3.04. The van der Waals surface area contributed by atoms with Gasteiger partial charge in [0.1, 0.15) is 11.6 Å². The highest BCUT2D eigenvalue weighted by Gasteiger charge is 2.17. The van der Waals surface area contributed by atoms with E-state index in [4.69, 9.17) is 22.2 Å². The number of halogens is 2. The predicted octanol–water partition coefficient (Wildman–Crippen LogP) is 3.04. The molecule has 1 atom stereocenters. The molecule has 0 spiro atoms. The van der Waals surface area contributed by atoms with Gasteiger partial charge in [0.05, 0.1) is 13.2 Å². The minimum Gasteiger partial charge on any atom is -0.496 e. The van der Waals surface area contributed by atoms with Crippen molar-refractivity contribution in [3.63, 3.8) is 0 Å². The number of rotatable bonds is 4. The number of methoxy groups -OCH3 is 1. The Morgan fingerprint density at radius 3 is 2.47 bits per heavy atom. The van der Waals surface area contributed by atoms with Crippen molar-refractivity contribution in [3.8, 4) is 5.75 Å². The number of benzene rings is 2. The molecule has 5 heteroatoms. The van der Waals surface area contributed by atoms with Crippen LogP contribution in [0.4, 0.5) is 4.39 Å². The van der Waals surface area contributed by atoms with Crippen LogP contribution in [0.1, 0.15) is 17.2 Å². The molecule has 2 rings (SSSR count). The smallest absolute Gasteiger partial charge is 0.125 e. The molecular weight excluding hydrogens is 267 g/mol. The highest BCUT2D eigenvalue weighted by molar-refractivity contribution is 6.30. The van der Waals surface area contributed by atoms with Gasteiger partial charge in [0, 0.05) is 10.6 Å². The van der Waals surface area contributed by atoms with Crippen molar-refractivity contribution in [2.24, 2.45) is 5.84 Å². The van der Waals surface area contributed by atoms with Crippen LogP contribution in [-0.2, 0) is 0 Å². The van der Waals surface area contributed by atoms with Gasteiger partial charge in [-0.2, -0.15) is 0 Å². The van der Waals surface area contributed by atoms with Gasteiger partial charge in [-0.15, -0.1) is 0 Å². The fourth-order valence-electron chi connectivity index (χ4n) is 1.94. The first-order valence-corrected chi connectivity index (χ1v) is 6.08. The van der Waals surface area contributed by atoms with Gasteiger partial charge in [-0.3, -0.25) is 5.84 Å². The van der Waals surface area contributed by atoms with Crippen LogP contribution < -0.4 is 16.0 Å². The first-order chi connectivity index (χ1) is 9.15. The fourth-order valence-corrected chi connectivity index (χ4v) is 2.11. The van der Waals surface area contributed by atoms with Crippen molar-refractivity contribution in [1.82, 2.24) is 5.43 Å². The first-order valence-electron chi connectivity index (χ1n) is 5.70. The average Bonchev–Trinajstić information content (AvgIpc) is 2.43. The lowest BCUT2D eigenvalue weighted by molar-refractivity contribution is 0.404. The maximum Gasteiger partial charge on any atom is 0.125 e. The molecule has 2 aromatic carbocycles. The molecule has 0 saturated heterocycles. The number of hydrogen-bond acceptors (Lipinski definition) is 3. The van der Waals surface area contributed by atoms with Crippen molar-refractivity contribution >= 4 is 11.6 Å². The summed E-state index contributed by atoms with van der Waals surface area (Å²) in [5.41, 5.74) is 4.37. The molecule has 0 aliphatic carbocycles. The molecule has 0 fully saturated rings. The maximum absolute atomic E-state index is 13.0. The van der Waals surface area contributed by atoms with Crippen molar-refractivity contribution in [3.05, 3.63) is 64.4 Å². The Labute approximate surface area is 116 Å². The van der Waals surface area contributed by atoms with Crippen LogP contribution in [-0.4, -0.2) is 7.11 Å². The number of hydrogen-bond donors (Lipinski definition) is 2. The molecule has 0 radical (unpaired) electrons. The fraction of sp³-hybridized carbons (Fsp3) is 0.143. The summed E-state index contributed by atoms with van der Waals surface area (Å²) in [5, 5.41) is 0.579. The third-order valence-electron chi connectivity index (χ3n) is 2.88. The lowest BCUT2D eigenvalue weighted by Gasteiger charge is -2.19. The topological polar surface area (TPSA) is 47.3 Å².